The average Bonchev–Trinajstić information content (AvgIpc) is 3.11. The van der Waals surface area contributed by atoms with Gasteiger partial charge in [-0.25, -0.2) is 0 Å². The summed E-state index contributed by atoms with van der Waals surface area (Å²) in [5, 5.41) is 0. The Bertz CT molecular complexity index is 1360. The van der Waals surface area contributed by atoms with Gasteiger partial charge in [0.2, 0.25) is 0 Å². The van der Waals surface area contributed by atoms with Crippen molar-refractivity contribution in [2.24, 2.45) is 0 Å². The summed E-state index contributed by atoms with van der Waals surface area (Å²) < 4.78 is 63.1. The van der Waals surface area contributed by atoms with E-state index in [9.17, 15) is 33.6 Å². The lowest BCUT2D eigenvalue weighted by Gasteiger charge is -2.48. The lowest BCUT2D eigenvalue weighted by molar-refractivity contribution is -0.361. The van der Waals surface area contributed by atoms with Gasteiger partial charge in [0.15, 0.2) is 43.1 Å². The molecule has 0 aliphatic carbocycles. The third-order valence-corrected chi connectivity index (χ3v) is 11.7. The normalized spacial score (nSPS) is 27.9. The van der Waals surface area contributed by atoms with Crippen molar-refractivity contribution in [2.45, 2.75) is 178 Å². The Balaban J connectivity index is 2.50. The van der Waals surface area contributed by atoms with Crippen molar-refractivity contribution in [3.8, 4) is 0 Å². The number of ether oxygens (including phenoxy) is 11. The quantitative estimate of drug-likeness (QED) is 0.0603. The lowest BCUT2D eigenvalue weighted by Crippen LogP contribution is -2.67. The van der Waals surface area contributed by atoms with E-state index in [1.54, 1.807) is 0 Å². The second-order valence-corrected chi connectivity index (χ2v) is 16.3. The van der Waals surface area contributed by atoms with Crippen LogP contribution in [0.1, 0.15) is 107 Å². The number of alkyl halides is 2. The molecule has 0 aromatic carbocycles. The molecule has 0 radical (unpaired) electrons. The predicted molar refractivity (Wildman–Crippen MR) is 207 cm³/mol. The molecule has 0 spiro atoms. The fourth-order valence-corrected chi connectivity index (χ4v) is 7.55. The number of unbranched alkanes of at least 4 members (excludes halogenated alkanes) is 4. The lowest BCUT2D eigenvalue weighted by atomic mass is 9.96. The minimum absolute atomic E-state index is 0.129. The van der Waals surface area contributed by atoms with Gasteiger partial charge in [-0.15, -0.1) is 0 Å². The van der Waals surface area contributed by atoms with Gasteiger partial charge < -0.3 is 52.1 Å². The molecule has 0 saturated carbocycles. The van der Waals surface area contributed by atoms with Crippen LogP contribution in [0.5, 0.6) is 0 Å². The molecule has 0 N–H and O–H groups in total. The van der Waals surface area contributed by atoms with E-state index in [4.69, 9.17) is 52.1 Å². The summed E-state index contributed by atoms with van der Waals surface area (Å²) in [4.78, 5) is 86.7. The Morgan fingerprint density at radius 1 is 0.517 bits per heavy atom. The molecule has 2 unspecified atom stereocenters. The largest absolute Gasteiger partial charge is 0.463 e. The smallest absolute Gasteiger partial charge is 0.303 e. The number of halogens is 2. The molecule has 2 aliphatic rings. The van der Waals surface area contributed by atoms with Crippen LogP contribution in [0.3, 0.4) is 0 Å². The molecule has 0 aromatic heterocycles. The molecular weight excluding hydrogens is 906 g/mol. The fourth-order valence-electron chi connectivity index (χ4n) is 6.38. The summed E-state index contributed by atoms with van der Waals surface area (Å²) in [7, 11) is 0. The summed E-state index contributed by atoms with van der Waals surface area (Å²) >= 11 is 7.56. The van der Waals surface area contributed by atoms with E-state index in [2.05, 4.69) is 38.8 Å². The molecule has 2 rings (SSSR count). The van der Waals surface area contributed by atoms with Crippen molar-refractivity contribution in [3.63, 3.8) is 0 Å². The Kier molecular flexibility index (Phi) is 23.3. The summed E-state index contributed by atoms with van der Waals surface area (Å²) in [6.45, 7) is 8.90. The Hall–Kier alpha value is -2.91. The number of carbonyl (C=O) groups is 7. The summed E-state index contributed by atoms with van der Waals surface area (Å²) in [6.07, 6.45) is -7.32. The Labute approximate surface area is 355 Å². The number of rotatable bonds is 23. The highest BCUT2D eigenvalue weighted by Gasteiger charge is 2.57. The highest BCUT2D eigenvalue weighted by molar-refractivity contribution is 9.12. The first-order valence-corrected chi connectivity index (χ1v) is 21.2. The molecule has 0 amide bonds. The second kappa shape index (κ2) is 26.3. The van der Waals surface area contributed by atoms with Crippen LogP contribution in [-0.4, -0.2) is 133 Å². The van der Waals surface area contributed by atoms with Gasteiger partial charge >= 0.3 is 41.8 Å². The minimum atomic E-state index is -1.77. The van der Waals surface area contributed by atoms with Crippen LogP contribution < -0.4 is 0 Å². The van der Waals surface area contributed by atoms with Gasteiger partial charge in [0.1, 0.15) is 31.5 Å². The number of esters is 7. The highest BCUT2D eigenvalue weighted by Crippen LogP contribution is 2.36. The van der Waals surface area contributed by atoms with Crippen LogP contribution in [0.4, 0.5) is 0 Å². The first kappa shape index (κ1) is 51.2. The molecular formula is C38H58Br2O18. The van der Waals surface area contributed by atoms with Gasteiger partial charge in [0.05, 0.1) is 0 Å². The van der Waals surface area contributed by atoms with Crippen molar-refractivity contribution < 1.29 is 85.7 Å². The number of hydrogen-bond acceptors (Lipinski definition) is 18. The first-order valence-electron chi connectivity index (χ1n) is 19.3. The molecule has 2 heterocycles. The maximum absolute atomic E-state index is 12.7. The average molecular weight is 965 g/mol. The van der Waals surface area contributed by atoms with Crippen LogP contribution in [-0.2, 0) is 85.7 Å². The van der Waals surface area contributed by atoms with E-state index in [0.29, 0.717) is 11.2 Å². The SMILES string of the molecule is CCCCCCC(Br)C(Br)CCC[14CH2]O[C@@H]1O[C@H](COC(C)=O)[C@@H](O[C@H]2O[C@H](COC(C)=O)[C@@H](OC(C)=O)[C@H](OC(C)=O)[C@H]2OC(C)=O)[C@H](OC(C)=O)[C@H]1OC(C)=O. The monoisotopic (exact) mass is 962 g/mol. The summed E-state index contributed by atoms with van der Waals surface area (Å²) in [6, 6.07) is 0. The third kappa shape index (κ3) is 18.1. The van der Waals surface area contributed by atoms with Crippen LogP contribution in [0, 0.1) is 0 Å². The minimum Gasteiger partial charge on any atom is -0.463 e. The molecule has 12 atom stereocenters. The van der Waals surface area contributed by atoms with Crippen molar-refractivity contribution >= 4 is 73.6 Å². The number of hydrogen-bond donors (Lipinski definition) is 0. The van der Waals surface area contributed by atoms with E-state index < -0.39 is 116 Å². The second-order valence-electron chi connectivity index (χ2n) is 13.9. The standard InChI is InChI=1S/C38H58Br2O18/c1-9-10-11-12-15-27(39)28(40)16-13-14-17-48-37-35(54-25(7)46)34(53-24(6)45)32(30(56-37)19-50-21(3)42)58-38-36(55-26(8)47)33(52-23(5)44)31(51-22(4)43)29(57-38)18-49-20(2)41/h27-38H,9-19H2,1-8H3/t27?,28?,29-,30-,31-,32-,33+,34+,35-,36-,37-,38-/m1/s1/i17+2. The van der Waals surface area contributed by atoms with E-state index >= 15 is 0 Å². The third-order valence-electron chi connectivity index (χ3n) is 8.77. The molecule has 58 heavy (non-hydrogen) atoms. The Morgan fingerprint density at radius 2 is 0.931 bits per heavy atom. The van der Waals surface area contributed by atoms with E-state index in [-0.39, 0.29) is 11.4 Å². The number of carbonyl (C=O) groups excluding carboxylic acids is 7. The summed E-state index contributed by atoms with van der Waals surface area (Å²) in [5.74, 6) is -5.71. The topological polar surface area (TPSA) is 221 Å². The van der Waals surface area contributed by atoms with Crippen LogP contribution in [0.2, 0.25) is 0 Å². The maximum Gasteiger partial charge on any atom is 0.303 e. The molecule has 2 aliphatic heterocycles. The maximum atomic E-state index is 12.7. The van der Waals surface area contributed by atoms with Crippen molar-refractivity contribution in [1.29, 1.82) is 0 Å². The first-order chi connectivity index (χ1) is 27.3. The fraction of sp³-hybridized carbons (Fsp3) is 0.816. The van der Waals surface area contributed by atoms with Gasteiger partial charge in [0.25, 0.3) is 0 Å². The molecule has 2 saturated heterocycles. The summed E-state index contributed by atoms with van der Waals surface area (Å²) in [5.41, 5.74) is 0. The van der Waals surface area contributed by atoms with Crippen LogP contribution in [0.15, 0.2) is 0 Å². The molecule has 20 heteroatoms. The molecule has 2 fully saturated rings. The highest BCUT2D eigenvalue weighted by atomic mass is 79.9. The molecule has 332 valence electrons. The van der Waals surface area contributed by atoms with Gasteiger partial charge in [0, 0.05) is 64.7 Å². The van der Waals surface area contributed by atoms with Gasteiger partial charge in [-0.1, -0.05) is 70.9 Å². The molecule has 0 aromatic rings. The van der Waals surface area contributed by atoms with Gasteiger partial charge in [-0.2, -0.15) is 0 Å². The van der Waals surface area contributed by atoms with Crippen LogP contribution >= 0.6 is 31.9 Å². The predicted octanol–water partition coefficient (Wildman–Crippen LogP) is 4.29. The van der Waals surface area contributed by atoms with Crippen molar-refractivity contribution in [1.82, 2.24) is 0 Å². The zero-order chi connectivity index (χ0) is 43.5. The van der Waals surface area contributed by atoms with E-state index in [1.165, 1.54) is 12.8 Å². The van der Waals surface area contributed by atoms with Gasteiger partial charge in [-0.3, -0.25) is 33.6 Å². The zero-order valence-corrected chi connectivity index (χ0v) is 37.5. The molecule has 0 bridgehead atoms. The Morgan fingerprint density at radius 3 is 1.41 bits per heavy atom. The van der Waals surface area contributed by atoms with Crippen molar-refractivity contribution in [2.75, 3.05) is 19.8 Å². The van der Waals surface area contributed by atoms with E-state index in [0.717, 1.165) is 80.6 Å². The van der Waals surface area contributed by atoms with Crippen LogP contribution in [0.25, 0.3) is 0 Å². The van der Waals surface area contributed by atoms with Gasteiger partial charge in [-0.05, 0) is 19.3 Å². The zero-order valence-electron chi connectivity index (χ0n) is 34.3. The molecule has 18 nitrogen and oxygen atoms in total. The van der Waals surface area contributed by atoms with Crippen molar-refractivity contribution in [3.05, 3.63) is 0 Å². The van der Waals surface area contributed by atoms with E-state index in [1.807, 2.05) is 0 Å².